The maximum Gasteiger partial charge on any atom is 0.283 e. The van der Waals surface area contributed by atoms with Crippen LogP contribution in [0.15, 0.2) is 47.4 Å². The van der Waals surface area contributed by atoms with Crippen LogP contribution in [0.3, 0.4) is 0 Å². The summed E-state index contributed by atoms with van der Waals surface area (Å²) in [7, 11) is 0. The lowest BCUT2D eigenvalue weighted by molar-refractivity contribution is -0.387. The molecular weight excluding hydrogens is 401 g/mol. The van der Waals surface area contributed by atoms with E-state index >= 15 is 0 Å². The molecule has 152 valence electrons. The third-order valence-electron chi connectivity index (χ3n) is 4.26. The van der Waals surface area contributed by atoms with Crippen molar-refractivity contribution in [3.8, 4) is 0 Å². The standard InChI is InChI=1S/C19H18FN3O5S/c20-14-6-3-12(4-7-14)18(24)21-22-19(25)13-5-8-17(16(10-13)23(26)27)29-11-15-2-1-9-28-15/h3-8,10,15H,1-2,9,11H2,(H,21,24)(H,22,25)/t15-/m1/s1. The molecule has 1 aliphatic rings. The molecule has 1 saturated heterocycles. The molecule has 29 heavy (non-hydrogen) atoms. The minimum Gasteiger partial charge on any atom is -0.377 e. The van der Waals surface area contributed by atoms with Crippen molar-refractivity contribution >= 4 is 29.3 Å². The highest BCUT2D eigenvalue weighted by molar-refractivity contribution is 7.99. The zero-order valence-electron chi connectivity index (χ0n) is 15.2. The Hall–Kier alpha value is -2.98. The summed E-state index contributed by atoms with van der Waals surface area (Å²) < 4.78 is 18.4. The van der Waals surface area contributed by atoms with Crippen molar-refractivity contribution in [3.63, 3.8) is 0 Å². The van der Waals surface area contributed by atoms with Gasteiger partial charge in [0.05, 0.1) is 15.9 Å². The third-order valence-corrected chi connectivity index (χ3v) is 5.46. The predicted octanol–water partition coefficient (Wildman–Crippen LogP) is 3.08. The molecule has 0 radical (unpaired) electrons. The molecule has 0 aromatic heterocycles. The SMILES string of the molecule is O=C(NNC(=O)c1ccc(SC[C@H]2CCCO2)c([N+](=O)[O-])c1)c1ccc(F)cc1. The molecule has 2 aromatic rings. The maximum absolute atomic E-state index is 12.9. The Bertz CT molecular complexity index is 917. The number of nitrogens with zero attached hydrogens (tertiary/aromatic N) is 1. The van der Waals surface area contributed by atoms with Gasteiger partial charge in [-0.05, 0) is 49.2 Å². The van der Waals surface area contributed by atoms with Gasteiger partial charge in [0, 0.05) is 29.6 Å². The van der Waals surface area contributed by atoms with Crippen LogP contribution in [0.4, 0.5) is 10.1 Å². The van der Waals surface area contributed by atoms with E-state index in [1.165, 1.54) is 36.0 Å². The van der Waals surface area contributed by atoms with Crippen LogP contribution >= 0.6 is 11.8 Å². The second-order valence-corrected chi connectivity index (χ2v) is 7.36. The van der Waals surface area contributed by atoms with Gasteiger partial charge >= 0.3 is 0 Å². The second-order valence-electron chi connectivity index (χ2n) is 6.30. The van der Waals surface area contributed by atoms with Gasteiger partial charge in [0.15, 0.2) is 0 Å². The Kier molecular flexibility index (Phi) is 6.78. The van der Waals surface area contributed by atoms with E-state index in [0.29, 0.717) is 17.3 Å². The Labute approximate surface area is 169 Å². The lowest BCUT2D eigenvalue weighted by atomic mass is 10.2. The van der Waals surface area contributed by atoms with Gasteiger partial charge in [-0.15, -0.1) is 11.8 Å². The van der Waals surface area contributed by atoms with Gasteiger partial charge in [0.1, 0.15) is 5.82 Å². The van der Waals surface area contributed by atoms with Crippen LogP contribution in [0.5, 0.6) is 0 Å². The van der Waals surface area contributed by atoms with Crippen LogP contribution in [0.2, 0.25) is 0 Å². The van der Waals surface area contributed by atoms with Crippen molar-refractivity contribution in [2.75, 3.05) is 12.4 Å². The van der Waals surface area contributed by atoms with Crippen molar-refractivity contribution in [1.82, 2.24) is 10.9 Å². The molecule has 1 fully saturated rings. The van der Waals surface area contributed by atoms with E-state index in [0.717, 1.165) is 31.0 Å². The summed E-state index contributed by atoms with van der Waals surface area (Å²) in [6, 6.07) is 8.89. The lowest BCUT2D eigenvalue weighted by Crippen LogP contribution is -2.41. The number of ether oxygens (including phenoxy) is 1. The first kappa shape index (κ1) is 20.7. The first-order valence-corrected chi connectivity index (χ1v) is 9.81. The van der Waals surface area contributed by atoms with Crippen molar-refractivity contribution in [1.29, 1.82) is 0 Å². The van der Waals surface area contributed by atoms with Gasteiger partial charge in [-0.3, -0.25) is 30.6 Å². The number of thioether (sulfide) groups is 1. The maximum atomic E-state index is 12.9. The minimum atomic E-state index is -0.709. The average molecular weight is 419 g/mol. The number of carbonyl (C=O) groups is 2. The summed E-state index contributed by atoms with van der Waals surface area (Å²) in [5.41, 5.74) is 4.37. The Morgan fingerprint density at radius 2 is 1.79 bits per heavy atom. The largest absolute Gasteiger partial charge is 0.377 e. The van der Waals surface area contributed by atoms with Gasteiger partial charge in [0.25, 0.3) is 17.5 Å². The molecule has 2 amide bonds. The Morgan fingerprint density at radius 3 is 2.41 bits per heavy atom. The summed E-state index contributed by atoms with van der Waals surface area (Å²) in [5.74, 6) is -1.24. The normalized spacial score (nSPS) is 15.7. The molecule has 0 spiro atoms. The van der Waals surface area contributed by atoms with E-state index in [4.69, 9.17) is 4.74 Å². The van der Waals surface area contributed by atoms with E-state index in [9.17, 15) is 24.1 Å². The summed E-state index contributed by atoms with van der Waals surface area (Å²) in [5, 5.41) is 11.4. The number of hydrogen-bond acceptors (Lipinski definition) is 6. The molecule has 10 heteroatoms. The fourth-order valence-corrected chi connectivity index (χ4v) is 3.81. The van der Waals surface area contributed by atoms with E-state index in [1.807, 2.05) is 0 Å². The van der Waals surface area contributed by atoms with Crippen molar-refractivity contribution < 1.29 is 23.6 Å². The number of nitrogens with one attached hydrogen (secondary N) is 2. The van der Waals surface area contributed by atoms with E-state index in [2.05, 4.69) is 10.9 Å². The summed E-state index contributed by atoms with van der Waals surface area (Å²) >= 11 is 1.31. The Balaban J connectivity index is 1.63. The number of amides is 2. The number of benzene rings is 2. The van der Waals surface area contributed by atoms with Gasteiger partial charge in [-0.25, -0.2) is 4.39 Å². The van der Waals surface area contributed by atoms with Crippen molar-refractivity contribution in [2.45, 2.75) is 23.8 Å². The van der Waals surface area contributed by atoms with Crippen LogP contribution in [0, 0.1) is 15.9 Å². The zero-order chi connectivity index (χ0) is 20.8. The Morgan fingerprint density at radius 1 is 1.14 bits per heavy atom. The number of halogens is 1. The smallest absolute Gasteiger partial charge is 0.283 e. The molecular formula is C19H18FN3O5S. The summed E-state index contributed by atoms with van der Waals surface area (Å²) in [4.78, 5) is 35.5. The number of hydrazine groups is 1. The van der Waals surface area contributed by atoms with Gasteiger partial charge in [-0.1, -0.05) is 0 Å². The van der Waals surface area contributed by atoms with E-state index in [-0.39, 0.29) is 22.9 Å². The zero-order valence-corrected chi connectivity index (χ0v) is 16.0. The first-order valence-electron chi connectivity index (χ1n) is 8.83. The average Bonchev–Trinajstić information content (AvgIpc) is 3.24. The number of nitro benzene ring substituents is 1. The van der Waals surface area contributed by atoms with Crippen LogP contribution in [-0.2, 0) is 4.74 Å². The molecule has 2 aromatic carbocycles. The monoisotopic (exact) mass is 419 g/mol. The minimum absolute atomic E-state index is 0.0255. The van der Waals surface area contributed by atoms with Crippen LogP contribution in [-0.4, -0.2) is 35.2 Å². The van der Waals surface area contributed by atoms with Crippen molar-refractivity contribution in [2.24, 2.45) is 0 Å². The predicted molar refractivity (Wildman–Crippen MR) is 104 cm³/mol. The second kappa shape index (κ2) is 9.48. The molecule has 0 aliphatic carbocycles. The van der Waals surface area contributed by atoms with E-state index in [1.54, 1.807) is 0 Å². The summed E-state index contributed by atoms with van der Waals surface area (Å²) in [6.45, 7) is 0.704. The highest BCUT2D eigenvalue weighted by atomic mass is 32.2. The van der Waals surface area contributed by atoms with Crippen molar-refractivity contribution in [3.05, 3.63) is 69.5 Å². The fourth-order valence-electron chi connectivity index (χ4n) is 2.74. The molecule has 8 nitrogen and oxygen atoms in total. The van der Waals surface area contributed by atoms with Crippen LogP contribution < -0.4 is 10.9 Å². The molecule has 0 unspecified atom stereocenters. The highest BCUT2D eigenvalue weighted by Gasteiger charge is 2.21. The van der Waals surface area contributed by atoms with E-state index < -0.39 is 22.6 Å². The molecule has 2 N–H and O–H groups in total. The van der Waals surface area contributed by atoms with Gasteiger partial charge in [0.2, 0.25) is 0 Å². The van der Waals surface area contributed by atoms with Crippen LogP contribution in [0.25, 0.3) is 0 Å². The molecule has 1 heterocycles. The fraction of sp³-hybridized carbons (Fsp3) is 0.263. The highest BCUT2D eigenvalue weighted by Crippen LogP contribution is 2.32. The number of carbonyl (C=O) groups excluding carboxylic acids is 2. The molecule has 1 aliphatic heterocycles. The molecule has 3 rings (SSSR count). The topological polar surface area (TPSA) is 111 Å². The molecule has 1 atom stereocenters. The summed E-state index contributed by atoms with van der Waals surface area (Å²) in [6.07, 6.45) is 1.98. The molecule has 0 saturated carbocycles. The first-order chi connectivity index (χ1) is 13.9. The van der Waals surface area contributed by atoms with Gasteiger partial charge < -0.3 is 4.74 Å². The number of rotatable bonds is 6. The molecule has 0 bridgehead atoms. The third kappa shape index (κ3) is 5.52. The van der Waals surface area contributed by atoms with Gasteiger partial charge in [-0.2, -0.15) is 0 Å². The number of nitro groups is 1. The quantitative estimate of drug-likeness (QED) is 0.423. The number of hydrogen-bond donors (Lipinski definition) is 2. The van der Waals surface area contributed by atoms with Crippen LogP contribution in [0.1, 0.15) is 33.6 Å². The lowest BCUT2D eigenvalue weighted by Gasteiger charge is -2.10.